The molecule has 126 heavy (non-hydrogen) atoms. The molecule has 0 N–H and O–H groups in total. The summed E-state index contributed by atoms with van der Waals surface area (Å²) in [7, 11) is 0. The van der Waals surface area contributed by atoms with Crippen LogP contribution in [0.2, 0.25) is 0 Å². The van der Waals surface area contributed by atoms with Gasteiger partial charge in [-0.15, -0.1) is 22.7 Å². The maximum absolute atomic E-state index is 5.64. The molecule has 25 aromatic rings. The van der Waals surface area contributed by atoms with Gasteiger partial charge in [0.2, 0.25) is 0 Å². The summed E-state index contributed by atoms with van der Waals surface area (Å²) in [6.45, 7) is 0. The van der Waals surface area contributed by atoms with Gasteiger partial charge >= 0.3 is 0 Å². The molecule has 0 atom stereocenters. The molecule has 25 rings (SSSR count). The van der Waals surface area contributed by atoms with E-state index >= 15 is 0 Å². The molecular formula is C118H70N6S2. The zero-order valence-corrected chi connectivity index (χ0v) is 69.5. The van der Waals surface area contributed by atoms with E-state index in [2.05, 4.69) is 425 Å². The molecule has 0 amide bonds. The molecule has 8 heteroatoms. The van der Waals surface area contributed by atoms with Crippen LogP contribution in [0.3, 0.4) is 0 Å². The Kier molecular flexibility index (Phi) is 17.3. The van der Waals surface area contributed by atoms with Crippen molar-refractivity contribution in [1.82, 2.24) is 29.9 Å². The lowest BCUT2D eigenvalue weighted by atomic mass is 9.91. The zero-order valence-electron chi connectivity index (χ0n) is 67.9. The van der Waals surface area contributed by atoms with E-state index in [9.17, 15) is 0 Å². The molecule has 21 aromatic carbocycles. The Morgan fingerprint density at radius 2 is 0.421 bits per heavy atom. The van der Waals surface area contributed by atoms with Crippen molar-refractivity contribution in [1.29, 1.82) is 0 Å². The summed E-state index contributed by atoms with van der Waals surface area (Å²) in [6.07, 6.45) is 0. The Morgan fingerprint density at radius 3 is 0.937 bits per heavy atom. The molecule has 0 fully saturated rings. The molecule has 0 aliphatic carbocycles. The van der Waals surface area contributed by atoms with E-state index in [4.69, 9.17) is 29.9 Å². The second kappa shape index (κ2) is 29.9. The summed E-state index contributed by atoms with van der Waals surface area (Å²) in [5, 5.41) is 20.6. The number of fused-ring (bicyclic) bond motifs is 13. The number of hydrogen-bond acceptors (Lipinski definition) is 8. The van der Waals surface area contributed by atoms with Crippen LogP contribution in [0.25, 0.3) is 262 Å². The van der Waals surface area contributed by atoms with Crippen LogP contribution in [-0.4, -0.2) is 29.9 Å². The maximum Gasteiger partial charge on any atom is 0.165 e. The molecule has 6 nitrogen and oxygen atoms in total. The Labute approximate surface area is 733 Å². The standard InChI is InChI=1S/C118H70N6S2/c1-3-23-71(24-4-1)78-55-49-73-51-57-80(69-82(73)67-78)86-61-65-103(96-36-15-11-31-90(86)96)115-120-116(104-66-62-98(93-33-12-16-37-97(93)104)92-40-19-28-76-27-7-8-29-84(76)92)124-118(123-115)107-44-21-42-105-110-88(39-22-46-109(110)126-112(105)107)77-53-47-72(48-54-77)79-56-50-74-52-58-81(70-83(74)68-79)87-60-64-102(95-35-14-10-32-91(87)95)114-119-113(101-63-59-85(75-25-5-2-6-26-75)89-30-9-13-34-94(89)101)121-117(122-114)106-43-20-41-100-99-38-17-18-45-108(99)125-111(100)106/h1-70H. The highest BCUT2D eigenvalue weighted by Gasteiger charge is 2.26. The summed E-state index contributed by atoms with van der Waals surface area (Å²) in [4.78, 5) is 33.3. The van der Waals surface area contributed by atoms with Gasteiger partial charge in [-0.3, -0.25) is 0 Å². The van der Waals surface area contributed by atoms with E-state index < -0.39 is 0 Å². The second-order valence-corrected chi connectivity index (χ2v) is 34.7. The van der Waals surface area contributed by atoms with Crippen molar-refractivity contribution in [3.05, 3.63) is 425 Å². The van der Waals surface area contributed by atoms with Crippen molar-refractivity contribution in [2.75, 3.05) is 0 Å². The molecule has 0 aliphatic rings. The van der Waals surface area contributed by atoms with Crippen molar-refractivity contribution in [3.63, 3.8) is 0 Å². The highest BCUT2D eigenvalue weighted by molar-refractivity contribution is 7.26. The third-order valence-electron chi connectivity index (χ3n) is 25.4. The monoisotopic (exact) mass is 1630 g/mol. The molecule has 0 spiro atoms. The van der Waals surface area contributed by atoms with Crippen LogP contribution < -0.4 is 0 Å². The van der Waals surface area contributed by atoms with Crippen molar-refractivity contribution < 1.29 is 0 Å². The third kappa shape index (κ3) is 12.4. The molecule has 0 radical (unpaired) electrons. The summed E-state index contributed by atoms with van der Waals surface area (Å²) in [6, 6.07) is 154. The molecule has 0 bridgehead atoms. The molecule has 0 aliphatic heterocycles. The average molecular weight is 1640 g/mol. The van der Waals surface area contributed by atoms with E-state index in [0.29, 0.717) is 34.9 Å². The minimum atomic E-state index is 0.603. The second-order valence-electron chi connectivity index (χ2n) is 32.6. The zero-order chi connectivity index (χ0) is 82.9. The fourth-order valence-corrected chi connectivity index (χ4v) is 21.8. The minimum Gasteiger partial charge on any atom is -0.208 e. The fraction of sp³-hybridized carbons (Fsp3) is 0. The van der Waals surface area contributed by atoms with E-state index in [0.717, 1.165) is 158 Å². The molecule has 0 saturated carbocycles. The highest BCUT2D eigenvalue weighted by atomic mass is 32.1. The molecule has 0 unspecified atom stereocenters. The fourth-order valence-electron chi connectivity index (χ4n) is 19.4. The first kappa shape index (κ1) is 72.7. The van der Waals surface area contributed by atoms with Crippen LogP contribution in [0.5, 0.6) is 0 Å². The van der Waals surface area contributed by atoms with Gasteiger partial charge in [-0.25, -0.2) is 29.9 Å². The Bertz CT molecular complexity index is 8790. The lowest BCUT2D eigenvalue weighted by molar-refractivity contribution is 1.08. The van der Waals surface area contributed by atoms with Gasteiger partial charge < -0.3 is 0 Å². The Hall–Kier alpha value is -16.1. The van der Waals surface area contributed by atoms with Crippen LogP contribution in [-0.2, 0) is 0 Å². The maximum atomic E-state index is 5.64. The lowest BCUT2D eigenvalue weighted by Crippen LogP contribution is -2.01. The first-order chi connectivity index (χ1) is 62.4. The quantitative estimate of drug-likeness (QED) is 0.114. The summed E-state index contributed by atoms with van der Waals surface area (Å²) in [5.41, 5.74) is 21.8. The topological polar surface area (TPSA) is 77.3 Å². The summed E-state index contributed by atoms with van der Waals surface area (Å²) < 4.78 is 4.67. The number of benzene rings is 21. The predicted molar refractivity (Wildman–Crippen MR) is 532 cm³/mol. The van der Waals surface area contributed by atoms with Crippen LogP contribution in [0.1, 0.15) is 0 Å². The predicted octanol–water partition coefficient (Wildman–Crippen LogP) is 32.5. The van der Waals surface area contributed by atoms with Crippen LogP contribution in [0.4, 0.5) is 0 Å². The molecule has 4 heterocycles. The molecular weight excluding hydrogens is 1570 g/mol. The van der Waals surface area contributed by atoms with E-state index in [-0.39, 0.29) is 0 Å². The largest absolute Gasteiger partial charge is 0.208 e. The van der Waals surface area contributed by atoms with E-state index in [1.807, 2.05) is 0 Å². The van der Waals surface area contributed by atoms with Gasteiger partial charge in [0.05, 0.1) is 0 Å². The SMILES string of the molecule is c1ccc(-c2ccc3ccc(-c4ccc(-c5nc(-c6ccc(-c7cccc8ccccc78)c7ccccc67)nc(-c6cccc7c6sc6cccc(-c8ccc(-c9ccc%10ccc(-c%11ccc(-c%12nc(-c%13ccc(-c%14ccccc%14)c%14ccccc%13%14)nc(-c%13cccc%14c%13sc%13ccccc%13%14)n%12)c%12ccccc%11%12)cc%10c9)cc8)c67)n5)c5ccccc45)cc3c2)cc1. The summed E-state index contributed by atoms with van der Waals surface area (Å²) in [5.74, 6) is 3.69. The average Bonchev–Trinajstić information content (AvgIpc) is 1.49. The number of hydrogen-bond donors (Lipinski definition) is 0. The number of nitrogens with zero attached hydrogens (tertiary/aromatic N) is 6. The minimum absolute atomic E-state index is 0.603. The van der Waals surface area contributed by atoms with Gasteiger partial charge in [-0.2, -0.15) is 0 Å². The van der Waals surface area contributed by atoms with Crippen molar-refractivity contribution in [2.45, 2.75) is 0 Å². The van der Waals surface area contributed by atoms with Crippen molar-refractivity contribution in [3.8, 4) is 146 Å². The summed E-state index contributed by atoms with van der Waals surface area (Å²) >= 11 is 3.58. The molecule has 4 aromatic heterocycles. The van der Waals surface area contributed by atoms with Gasteiger partial charge in [0.15, 0.2) is 34.9 Å². The van der Waals surface area contributed by atoms with Crippen LogP contribution in [0, 0.1) is 0 Å². The van der Waals surface area contributed by atoms with E-state index in [1.165, 1.54) is 69.2 Å². The Balaban J connectivity index is 0.571. The third-order valence-corrected chi connectivity index (χ3v) is 27.9. The highest BCUT2D eigenvalue weighted by Crippen LogP contribution is 2.49. The number of thiophene rings is 2. The van der Waals surface area contributed by atoms with Gasteiger partial charge in [-0.05, 0) is 226 Å². The smallest absolute Gasteiger partial charge is 0.165 e. The van der Waals surface area contributed by atoms with Gasteiger partial charge in [0.1, 0.15) is 0 Å². The first-order valence-corrected chi connectivity index (χ1v) is 44.3. The van der Waals surface area contributed by atoms with Crippen molar-refractivity contribution >= 4 is 138 Å². The van der Waals surface area contributed by atoms with Gasteiger partial charge in [0, 0.05) is 73.7 Å². The number of rotatable bonds is 13. The van der Waals surface area contributed by atoms with Gasteiger partial charge in [-0.1, -0.05) is 352 Å². The lowest BCUT2D eigenvalue weighted by Gasteiger charge is -2.16. The van der Waals surface area contributed by atoms with Crippen LogP contribution in [0.15, 0.2) is 425 Å². The van der Waals surface area contributed by atoms with E-state index in [1.54, 1.807) is 22.7 Å². The number of aromatic nitrogens is 6. The van der Waals surface area contributed by atoms with Gasteiger partial charge in [0.25, 0.3) is 0 Å². The molecule has 584 valence electrons. The normalized spacial score (nSPS) is 11.8. The molecule has 0 saturated heterocycles. The Morgan fingerprint density at radius 1 is 0.135 bits per heavy atom. The first-order valence-electron chi connectivity index (χ1n) is 42.7. The van der Waals surface area contributed by atoms with Crippen molar-refractivity contribution in [2.24, 2.45) is 0 Å². The van der Waals surface area contributed by atoms with Crippen LogP contribution >= 0.6 is 22.7 Å².